The molecule has 0 saturated carbocycles. The number of hydrogen-bond donors (Lipinski definition) is 2. The van der Waals surface area contributed by atoms with E-state index in [1.807, 2.05) is 0 Å². The van der Waals surface area contributed by atoms with Gasteiger partial charge in [-0.25, -0.2) is 4.98 Å². The lowest BCUT2D eigenvalue weighted by molar-refractivity contribution is 0.578. The summed E-state index contributed by atoms with van der Waals surface area (Å²) in [7, 11) is 0. The topological polar surface area (TPSA) is 40.2 Å². The Kier molecular flexibility index (Phi) is 5.88. The maximum atomic E-state index is 4.62. The number of thiazole rings is 1. The standard InChI is InChI=1S/C18H26N4S/c1-2-10-19-13-16-14-23-18(21-16)20-15-6-8-17(9-7-15)22-11-4-3-5-12-22/h6-9,14,19H,2-5,10-13H2,1H3,(H,20,21). The highest BCUT2D eigenvalue weighted by Gasteiger charge is 2.10. The average molecular weight is 331 g/mol. The van der Waals surface area contributed by atoms with Crippen LogP contribution in [0.1, 0.15) is 38.3 Å². The number of rotatable bonds is 7. The zero-order chi connectivity index (χ0) is 15.9. The Morgan fingerprint density at radius 2 is 1.91 bits per heavy atom. The van der Waals surface area contributed by atoms with Gasteiger partial charge in [-0.2, -0.15) is 0 Å². The molecule has 1 aliphatic rings. The van der Waals surface area contributed by atoms with Gasteiger partial charge in [0, 0.05) is 36.4 Å². The molecule has 5 heteroatoms. The molecule has 0 radical (unpaired) electrons. The first-order chi connectivity index (χ1) is 11.3. The van der Waals surface area contributed by atoms with Crippen molar-refractivity contribution in [1.82, 2.24) is 10.3 Å². The Morgan fingerprint density at radius 3 is 2.65 bits per heavy atom. The molecule has 1 fully saturated rings. The molecule has 2 heterocycles. The van der Waals surface area contributed by atoms with Crippen LogP contribution in [0.5, 0.6) is 0 Å². The number of benzene rings is 1. The van der Waals surface area contributed by atoms with Crippen LogP contribution in [0.3, 0.4) is 0 Å². The highest BCUT2D eigenvalue weighted by atomic mass is 32.1. The minimum absolute atomic E-state index is 0.847. The summed E-state index contributed by atoms with van der Waals surface area (Å²) in [4.78, 5) is 7.10. The van der Waals surface area contributed by atoms with Gasteiger partial charge in [0.2, 0.25) is 0 Å². The zero-order valence-electron chi connectivity index (χ0n) is 13.8. The van der Waals surface area contributed by atoms with Gasteiger partial charge >= 0.3 is 0 Å². The quantitative estimate of drug-likeness (QED) is 0.739. The molecule has 0 bridgehead atoms. The van der Waals surface area contributed by atoms with Gasteiger partial charge < -0.3 is 15.5 Å². The normalized spacial score (nSPS) is 14.9. The predicted octanol–water partition coefficient (Wildman–Crippen LogP) is 4.38. The third-order valence-corrected chi connectivity index (χ3v) is 4.93. The Balaban J connectivity index is 1.55. The van der Waals surface area contributed by atoms with Crippen molar-refractivity contribution in [3.8, 4) is 0 Å². The van der Waals surface area contributed by atoms with E-state index >= 15 is 0 Å². The molecule has 3 rings (SSSR count). The third-order valence-electron chi connectivity index (χ3n) is 4.12. The second-order valence-electron chi connectivity index (χ2n) is 6.04. The van der Waals surface area contributed by atoms with Gasteiger partial charge in [-0.3, -0.25) is 0 Å². The highest BCUT2D eigenvalue weighted by Crippen LogP contribution is 2.25. The molecule has 2 N–H and O–H groups in total. The lowest BCUT2D eigenvalue weighted by Crippen LogP contribution is -2.29. The molecule has 0 amide bonds. The van der Waals surface area contributed by atoms with Crippen molar-refractivity contribution in [2.24, 2.45) is 0 Å². The van der Waals surface area contributed by atoms with Crippen LogP contribution >= 0.6 is 11.3 Å². The minimum Gasteiger partial charge on any atom is -0.372 e. The lowest BCUT2D eigenvalue weighted by Gasteiger charge is -2.28. The Morgan fingerprint density at radius 1 is 1.13 bits per heavy atom. The average Bonchev–Trinajstić information content (AvgIpc) is 3.04. The summed E-state index contributed by atoms with van der Waals surface area (Å²) in [6, 6.07) is 8.73. The molecule has 4 nitrogen and oxygen atoms in total. The summed E-state index contributed by atoms with van der Waals surface area (Å²) in [6.45, 7) is 6.44. The summed E-state index contributed by atoms with van der Waals surface area (Å²) in [5.41, 5.74) is 3.54. The monoisotopic (exact) mass is 330 g/mol. The van der Waals surface area contributed by atoms with Gasteiger partial charge in [0.1, 0.15) is 0 Å². The van der Waals surface area contributed by atoms with Gasteiger partial charge in [-0.15, -0.1) is 11.3 Å². The van der Waals surface area contributed by atoms with E-state index in [1.165, 1.54) is 38.0 Å². The maximum Gasteiger partial charge on any atom is 0.187 e. The molecule has 2 aromatic rings. The fourth-order valence-electron chi connectivity index (χ4n) is 2.87. The number of aromatic nitrogens is 1. The zero-order valence-corrected chi connectivity index (χ0v) is 14.7. The molecule has 124 valence electrons. The van der Waals surface area contributed by atoms with E-state index in [1.54, 1.807) is 11.3 Å². The lowest BCUT2D eigenvalue weighted by atomic mass is 10.1. The van der Waals surface area contributed by atoms with E-state index in [0.29, 0.717) is 0 Å². The number of piperidine rings is 1. The van der Waals surface area contributed by atoms with Crippen molar-refractivity contribution in [3.63, 3.8) is 0 Å². The van der Waals surface area contributed by atoms with Crippen molar-refractivity contribution in [1.29, 1.82) is 0 Å². The van der Waals surface area contributed by atoms with E-state index < -0.39 is 0 Å². The number of nitrogens with one attached hydrogen (secondary N) is 2. The summed E-state index contributed by atoms with van der Waals surface area (Å²) in [6.07, 6.45) is 5.15. The molecule has 23 heavy (non-hydrogen) atoms. The van der Waals surface area contributed by atoms with Crippen LogP contribution in [0.25, 0.3) is 0 Å². The van der Waals surface area contributed by atoms with E-state index in [4.69, 9.17) is 0 Å². The molecule has 0 aliphatic carbocycles. The van der Waals surface area contributed by atoms with E-state index in [2.05, 4.69) is 57.1 Å². The smallest absolute Gasteiger partial charge is 0.187 e. The van der Waals surface area contributed by atoms with Crippen molar-refractivity contribution in [2.75, 3.05) is 29.9 Å². The molecule has 1 aromatic carbocycles. The summed E-state index contributed by atoms with van der Waals surface area (Å²) in [5.74, 6) is 0. The second-order valence-corrected chi connectivity index (χ2v) is 6.90. The van der Waals surface area contributed by atoms with Crippen LogP contribution in [-0.4, -0.2) is 24.6 Å². The van der Waals surface area contributed by atoms with Gasteiger partial charge in [-0.1, -0.05) is 6.92 Å². The van der Waals surface area contributed by atoms with Crippen molar-refractivity contribution in [2.45, 2.75) is 39.2 Å². The number of hydrogen-bond acceptors (Lipinski definition) is 5. The Labute approximate surface area is 142 Å². The highest BCUT2D eigenvalue weighted by molar-refractivity contribution is 7.13. The Bertz CT molecular complexity index is 587. The van der Waals surface area contributed by atoms with Crippen molar-refractivity contribution in [3.05, 3.63) is 35.3 Å². The molecule has 1 aliphatic heterocycles. The minimum atomic E-state index is 0.847. The maximum absolute atomic E-state index is 4.62. The van der Waals surface area contributed by atoms with Gasteiger partial charge in [0.15, 0.2) is 5.13 Å². The number of anilines is 3. The van der Waals surface area contributed by atoms with Crippen LogP contribution in [0, 0.1) is 0 Å². The van der Waals surface area contributed by atoms with Gasteiger partial charge in [0.05, 0.1) is 5.69 Å². The summed E-state index contributed by atoms with van der Waals surface area (Å²) >= 11 is 1.66. The SMILES string of the molecule is CCCNCc1csc(Nc2ccc(N3CCCCC3)cc2)n1. The second kappa shape index (κ2) is 8.31. The van der Waals surface area contributed by atoms with Crippen LogP contribution < -0.4 is 15.5 Å². The predicted molar refractivity (Wildman–Crippen MR) is 99.9 cm³/mol. The van der Waals surface area contributed by atoms with E-state index in [-0.39, 0.29) is 0 Å². The van der Waals surface area contributed by atoms with Crippen molar-refractivity contribution >= 4 is 27.8 Å². The van der Waals surface area contributed by atoms with Gasteiger partial charge in [-0.05, 0) is 56.5 Å². The first-order valence-electron chi connectivity index (χ1n) is 8.62. The van der Waals surface area contributed by atoms with Crippen LogP contribution in [0.15, 0.2) is 29.6 Å². The van der Waals surface area contributed by atoms with Gasteiger partial charge in [0.25, 0.3) is 0 Å². The molecule has 0 atom stereocenters. The number of nitrogens with zero attached hydrogens (tertiary/aromatic N) is 2. The summed E-state index contributed by atoms with van der Waals surface area (Å²) in [5, 5.41) is 9.87. The fourth-order valence-corrected chi connectivity index (χ4v) is 3.60. The molecular formula is C18H26N4S. The fraction of sp³-hybridized carbons (Fsp3) is 0.500. The molecule has 0 spiro atoms. The van der Waals surface area contributed by atoms with E-state index in [0.717, 1.165) is 36.0 Å². The molecular weight excluding hydrogens is 304 g/mol. The van der Waals surface area contributed by atoms with Crippen LogP contribution in [0.4, 0.5) is 16.5 Å². The summed E-state index contributed by atoms with van der Waals surface area (Å²) < 4.78 is 0. The first-order valence-corrected chi connectivity index (χ1v) is 9.50. The molecule has 1 saturated heterocycles. The largest absolute Gasteiger partial charge is 0.372 e. The first kappa shape index (κ1) is 16.3. The third kappa shape index (κ3) is 4.69. The van der Waals surface area contributed by atoms with Crippen LogP contribution in [0.2, 0.25) is 0 Å². The molecule has 1 aromatic heterocycles. The van der Waals surface area contributed by atoms with Crippen molar-refractivity contribution < 1.29 is 0 Å². The Hall–Kier alpha value is -1.59. The van der Waals surface area contributed by atoms with E-state index in [9.17, 15) is 0 Å². The van der Waals surface area contributed by atoms with Crippen LogP contribution in [-0.2, 0) is 6.54 Å². The molecule has 0 unspecified atom stereocenters.